The van der Waals surface area contributed by atoms with Gasteiger partial charge >= 0.3 is 0 Å². The van der Waals surface area contributed by atoms with Crippen molar-refractivity contribution in [3.8, 4) is 0 Å². The number of rotatable bonds is 6. The molecule has 2 heterocycles. The fourth-order valence-corrected chi connectivity index (χ4v) is 4.34. The molecule has 2 aromatic rings. The molecule has 4 rings (SSSR count). The minimum atomic E-state index is -0.278. The van der Waals surface area contributed by atoms with Crippen molar-refractivity contribution < 1.29 is 9.13 Å². The maximum Gasteiger partial charge on any atom is 0.126 e. The number of hydrogen-bond donors (Lipinski definition) is 4. The number of nitrogens with zero attached hydrogens (tertiary/aromatic N) is 2. The number of nitrogens with two attached hydrogens (primary N) is 2. The van der Waals surface area contributed by atoms with E-state index in [1.54, 1.807) is 19.1 Å². The van der Waals surface area contributed by atoms with Gasteiger partial charge in [0.1, 0.15) is 17.5 Å². The van der Waals surface area contributed by atoms with Crippen LogP contribution in [0.15, 0.2) is 59.8 Å². The summed E-state index contributed by atoms with van der Waals surface area (Å²) in [5.41, 5.74) is 16.6. The summed E-state index contributed by atoms with van der Waals surface area (Å²) in [4.78, 5) is 4.34. The molecule has 1 saturated heterocycles. The molecule has 0 aromatic heterocycles. The van der Waals surface area contributed by atoms with Crippen molar-refractivity contribution in [1.29, 1.82) is 0 Å². The van der Waals surface area contributed by atoms with Gasteiger partial charge in [-0.2, -0.15) is 0 Å². The van der Waals surface area contributed by atoms with Crippen molar-refractivity contribution in [3.05, 3.63) is 81.8 Å². The fourth-order valence-electron chi connectivity index (χ4n) is 4.07. The number of nitrogens with one attached hydrogen (secondary N) is 2. The van der Waals surface area contributed by atoms with E-state index in [0.717, 1.165) is 48.9 Å². The Morgan fingerprint density at radius 1 is 1.24 bits per heavy atom. The second kappa shape index (κ2) is 10.2. The summed E-state index contributed by atoms with van der Waals surface area (Å²) in [6, 6.07) is 11.1. The molecule has 2 aromatic carbocycles. The Kier molecular flexibility index (Phi) is 7.15. The van der Waals surface area contributed by atoms with Crippen molar-refractivity contribution in [2.45, 2.75) is 13.5 Å². The normalized spacial score (nSPS) is 17.2. The third kappa shape index (κ3) is 5.46. The number of hydrogen-bond acceptors (Lipinski definition) is 7. The number of benzene rings is 2. The number of halogens is 2. The van der Waals surface area contributed by atoms with Crippen LogP contribution in [0.2, 0.25) is 5.02 Å². The number of anilines is 2. The Morgan fingerprint density at radius 3 is 2.82 bits per heavy atom. The first kappa shape index (κ1) is 23.1. The van der Waals surface area contributed by atoms with Gasteiger partial charge in [0.15, 0.2) is 0 Å². The lowest BCUT2D eigenvalue weighted by Crippen LogP contribution is -2.41. The summed E-state index contributed by atoms with van der Waals surface area (Å²) in [6.07, 6.45) is 1.80. The summed E-state index contributed by atoms with van der Waals surface area (Å²) in [7, 11) is 0. The van der Waals surface area contributed by atoms with E-state index in [1.165, 1.54) is 6.07 Å². The lowest BCUT2D eigenvalue weighted by molar-refractivity contribution is 0.122. The van der Waals surface area contributed by atoms with Crippen molar-refractivity contribution in [2.75, 3.05) is 49.6 Å². The van der Waals surface area contributed by atoms with Crippen LogP contribution in [-0.4, -0.2) is 44.3 Å². The SMILES string of the molecule is Cc1c(F)ccc(Cl)c1CN1CCNC(N)=C1/C=C(\N)Nc1cccc(N2CCOCC2)c1. The predicted molar refractivity (Wildman–Crippen MR) is 131 cm³/mol. The van der Waals surface area contributed by atoms with Gasteiger partial charge in [-0.1, -0.05) is 17.7 Å². The molecular formula is C24H30ClFN6O. The molecule has 0 amide bonds. The number of allylic oxidation sites excluding steroid dienone is 1. The van der Waals surface area contributed by atoms with E-state index < -0.39 is 0 Å². The molecule has 0 spiro atoms. The molecule has 0 radical (unpaired) electrons. The molecule has 0 saturated carbocycles. The van der Waals surface area contributed by atoms with E-state index in [9.17, 15) is 4.39 Å². The summed E-state index contributed by atoms with van der Waals surface area (Å²) in [5.74, 6) is 0.681. The van der Waals surface area contributed by atoms with Crippen LogP contribution in [0.1, 0.15) is 11.1 Å². The lowest BCUT2D eigenvalue weighted by atomic mass is 10.1. The highest BCUT2D eigenvalue weighted by Gasteiger charge is 2.20. The monoisotopic (exact) mass is 472 g/mol. The molecule has 0 bridgehead atoms. The first-order valence-electron chi connectivity index (χ1n) is 11.0. The van der Waals surface area contributed by atoms with Gasteiger partial charge in [-0.05, 0) is 48.4 Å². The van der Waals surface area contributed by atoms with Crippen LogP contribution in [0, 0.1) is 12.7 Å². The summed E-state index contributed by atoms with van der Waals surface area (Å²) in [5, 5.41) is 6.96. The van der Waals surface area contributed by atoms with Gasteiger partial charge in [-0.3, -0.25) is 0 Å². The molecule has 9 heteroatoms. The third-order valence-corrected chi connectivity index (χ3v) is 6.30. The standard InChI is InChI=1S/C24H30ClFN6O/c1-16-19(20(25)5-6-21(16)26)15-32-8-7-29-24(28)22(32)14-23(27)30-17-3-2-4-18(13-17)31-9-11-33-12-10-31/h2-6,13-14,29-30H,7-12,15,27-28H2,1H3/b23-14+. The van der Waals surface area contributed by atoms with E-state index in [4.69, 9.17) is 27.8 Å². The topological polar surface area (TPSA) is 91.8 Å². The fraction of sp³-hybridized carbons (Fsp3) is 0.333. The zero-order valence-corrected chi connectivity index (χ0v) is 19.5. The summed E-state index contributed by atoms with van der Waals surface area (Å²) < 4.78 is 19.6. The first-order chi connectivity index (χ1) is 15.9. The van der Waals surface area contributed by atoms with Crippen LogP contribution in [0.5, 0.6) is 0 Å². The smallest absolute Gasteiger partial charge is 0.126 e. The van der Waals surface area contributed by atoms with Gasteiger partial charge in [0, 0.05) is 55.2 Å². The minimum Gasteiger partial charge on any atom is -0.385 e. The van der Waals surface area contributed by atoms with E-state index in [-0.39, 0.29) is 5.82 Å². The van der Waals surface area contributed by atoms with Gasteiger partial charge in [-0.25, -0.2) is 4.39 Å². The van der Waals surface area contributed by atoms with Gasteiger partial charge in [0.25, 0.3) is 0 Å². The van der Waals surface area contributed by atoms with Crippen molar-refractivity contribution in [3.63, 3.8) is 0 Å². The third-order valence-electron chi connectivity index (χ3n) is 5.94. The lowest BCUT2D eigenvalue weighted by Gasteiger charge is -2.33. The largest absolute Gasteiger partial charge is 0.385 e. The molecule has 0 atom stereocenters. The van der Waals surface area contributed by atoms with Gasteiger partial charge < -0.3 is 36.6 Å². The second-order valence-electron chi connectivity index (χ2n) is 8.15. The summed E-state index contributed by atoms with van der Waals surface area (Å²) >= 11 is 6.38. The Morgan fingerprint density at radius 2 is 2.03 bits per heavy atom. The molecule has 1 fully saturated rings. The summed E-state index contributed by atoms with van der Waals surface area (Å²) in [6.45, 7) is 6.69. The van der Waals surface area contributed by atoms with Crippen LogP contribution in [0.4, 0.5) is 15.8 Å². The van der Waals surface area contributed by atoms with Crippen LogP contribution < -0.4 is 27.0 Å². The van der Waals surface area contributed by atoms with E-state index >= 15 is 0 Å². The highest BCUT2D eigenvalue weighted by atomic mass is 35.5. The van der Waals surface area contributed by atoms with Crippen molar-refractivity contribution >= 4 is 23.0 Å². The van der Waals surface area contributed by atoms with Crippen molar-refractivity contribution in [1.82, 2.24) is 10.2 Å². The van der Waals surface area contributed by atoms with Gasteiger partial charge in [0.05, 0.1) is 18.9 Å². The average molecular weight is 473 g/mol. The van der Waals surface area contributed by atoms with E-state index in [1.807, 2.05) is 12.1 Å². The van der Waals surface area contributed by atoms with Crippen molar-refractivity contribution in [2.24, 2.45) is 11.5 Å². The number of morpholine rings is 1. The maximum atomic E-state index is 14.1. The molecule has 0 unspecified atom stereocenters. The molecule has 6 N–H and O–H groups in total. The highest BCUT2D eigenvalue weighted by molar-refractivity contribution is 6.31. The van der Waals surface area contributed by atoms with E-state index in [0.29, 0.717) is 41.9 Å². The molecule has 176 valence electrons. The molecule has 33 heavy (non-hydrogen) atoms. The predicted octanol–water partition coefficient (Wildman–Crippen LogP) is 3.07. The van der Waals surface area contributed by atoms with Crippen LogP contribution in [0.3, 0.4) is 0 Å². The quantitative estimate of drug-likeness (QED) is 0.513. The minimum absolute atomic E-state index is 0.278. The Labute approximate surface area is 198 Å². The average Bonchev–Trinajstić information content (AvgIpc) is 2.82. The van der Waals surface area contributed by atoms with Gasteiger partial charge in [-0.15, -0.1) is 0 Å². The zero-order chi connectivity index (χ0) is 23.4. The van der Waals surface area contributed by atoms with Crippen LogP contribution in [-0.2, 0) is 11.3 Å². The maximum absolute atomic E-state index is 14.1. The Bertz CT molecular complexity index is 1070. The Balaban J connectivity index is 1.53. The van der Waals surface area contributed by atoms with Crippen LogP contribution >= 0.6 is 11.6 Å². The molecule has 7 nitrogen and oxygen atoms in total. The molecule has 0 aliphatic carbocycles. The number of ether oxygens (including phenoxy) is 1. The first-order valence-corrected chi connectivity index (χ1v) is 11.4. The molecule has 2 aliphatic heterocycles. The van der Waals surface area contributed by atoms with Crippen LogP contribution in [0.25, 0.3) is 0 Å². The van der Waals surface area contributed by atoms with Gasteiger partial charge in [0.2, 0.25) is 0 Å². The molecular weight excluding hydrogens is 443 g/mol. The Hall–Kier alpha value is -3.10. The second-order valence-corrected chi connectivity index (χ2v) is 8.56. The molecule has 2 aliphatic rings. The van der Waals surface area contributed by atoms with E-state index in [2.05, 4.69) is 32.6 Å². The zero-order valence-electron chi connectivity index (χ0n) is 18.7. The highest BCUT2D eigenvalue weighted by Crippen LogP contribution is 2.27.